The maximum atomic E-state index is 12.9. The van der Waals surface area contributed by atoms with Crippen molar-refractivity contribution >= 4 is 23.5 Å². The Morgan fingerprint density at radius 2 is 1.93 bits per heavy atom. The van der Waals surface area contributed by atoms with Crippen LogP contribution in [0.1, 0.15) is 51.6 Å². The summed E-state index contributed by atoms with van der Waals surface area (Å²) in [4.78, 5) is 57.6. The number of pyridine rings is 1. The van der Waals surface area contributed by atoms with Crippen molar-refractivity contribution in [3.05, 3.63) is 52.6 Å². The molecule has 1 aliphatic heterocycles. The number of imide groups is 1. The summed E-state index contributed by atoms with van der Waals surface area (Å²) < 4.78 is 0. The third kappa shape index (κ3) is 2.92. The molecule has 0 aliphatic carbocycles. The summed E-state index contributed by atoms with van der Waals surface area (Å²) in [6.45, 7) is 5.92. The van der Waals surface area contributed by atoms with Crippen molar-refractivity contribution in [2.45, 2.75) is 33.2 Å². The number of urea groups is 1. The Morgan fingerprint density at radius 3 is 2.48 bits per heavy atom. The van der Waals surface area contributed by atoms with Crippen LogP contribution in [0.4, 0.5) is 4.79 Å². The molecule has 2 aromatic heterocycles. The molecule has 0 spiro atoms. The number of aromatic amines is 1. The molecule has 0 radical (unpaired) electrons. The van der Waals surface area contributed by atoms with Crippen molar-refractivity contribution in [3.63, 3.8) is 0 Å². The van der Waals surface area contributed by atoms with Gasteiger partial charge in [-0.1, -0.05) is 6.07 Å². The number of carbonyl (C=O) groups excluding carboxylic acids is 4. The van der Waals surface area contributed by atoms with Gasteiger partial charge in [0.2, 0.25) is 0 Å². The first-order valence-corrected chi connectivity index (χ1v) is 8.45. The number of nitrogens with one attached hydrogen (secondary N) is 2. The van der Waals surface area contributed by atoms with E-state index < -0.39 is 29.8 Å². The third-order valence-electron chi connectivity index (χ3n) is 4.82. The maximum Gasteiger partial charge on any atom is 0.325 e. The fourth-order valence-electron chi connectivity index (χ4n) is 3.45. The number of ketones is 2. The van der Waals surface area contributed by atoms with Gasteiger partial charge in [0.1, 0.15) is 0 Å². The Labute approximate surface area is 156 Å². The SMILES string of the molecule is CC(=O)c1c(C)[nH]c(C(=O)CN2C(=O)N[C@@](C)(c3ccccn3)C2=O)c1C. The third-order valence-corrected chi connectivity index (χ3v) is 4.82. The molecule has 8 heteroatoms. The number of hydrogen-bond donors (Lipinski definition) is 2. The van der Waals surface area contributed by atoms with Crippen molar-refractivity contribution in [3.8, 4) is 0 Å². The normalized spacial score (nSPS) is 19.3. The molecule has 0 bridgehead atoms. The van der Waals surface area contributed by atoms with Crippen molar-refractivity contribution in [2.24, 2.45) is 0 Å². The Balaban J connectivity index is 1.87. The summed E-state index contributed by atoms with van der Waals surface area (Å²) >= 11 is 0. The first-order chi connectivity index (χ1) is 12.7. The van der Waals surface area contributed by atoms with Crippen LogP contribution < -0.4 is 5.32 Å². The molecule has 3 rings (SSSR count). The van der Waals surface area contributed by atoms with Gasteiger partial charge >= 0.3 is 6.03 Å². The van der Waals surface area contributed by atoms with Gasteiger partial charge in [0, 0.05) is 17.5 Å². The lowest BCUT2D eigenvalue weighted by atomic mass is 9.97. The van der Waals surface area contributed by atoms with Crippen molar-refractivity contribution in [1.82, 2.24) is 20.2 Å². The Hall–Kier alpha value is -3.29. The van der Waals surface area contributed by atoms with E-state index in [1.54, 1.807) is 39.0 Å². The van der Waals surface area contributed by atoms with Crippen LogP contribution in [0, 0.1) is 13.8 Å². The van der Waals surface area contributed by atoms with Crippen LogP contribution in [0.2, 0.25) is 0 Å². The molecular formula is C19H20N4O4. The lowest BCUT2D eigenvalue weighted by molar-refractivity contribution is -0.130. The Kier molecular flexibility index (Phi) is 4.43. The molecule has 1 atom stereocenters. The average molecular weight is 368 g/mol. The molecule has 0 aromatic carbocycles. The monoisotopic (exact) mass is 368 g/mol. The van der Waals surface area contributed by atoms with Crippen LogP contribution in [-0.4, -0.2) is 44.9 Å². The first-order valence-electron chi connectivity index (χ1n) is 8.45. The van der Waals surface area contributed by atoms with E-state index in [0.29, 0.717) is 22.5 Å². The molecule has 3 heterocycles. The average Bonchev–Trinajstić information content (AvgIpc) is 3.04. The van der Waals surface area contributed by atoms with Crippen molar-refractivity contribution < 1.29 is 19.2 Å². The fraction of sp³-hybridized carbons (Fsp3) is 0.316. The molecule has 3 amide bonds. The Morgan fingerprint density at radius 1 is 1.22 bits per heavy atom. The molecule has 0 saturated carbocycles. The highest BCUT2D eigenvalue weighted by Gasteiger charge is 2.50. The number of hydrogen-bond acceptors (Lipinski definition) is 5. The number of carbonyl (C=O) groups is 4. The first kappa shape index (κ1) is 18.5. The van der Waals surface area contributed by atoms with E-state index >= 15 is 0 Å². The largest absolute Gasteiger partial charge is 0.355 e. The van der Waals surface area contributed by atoms with E-state index in [0.717, 1.165) is 4.90 Å². The zero-order valence-corrected chi connectivity index (χ0v) is 15.5. The van der Waals surface area contributed by atoms with Gasteiger partial charge in [0.15, 0.2) is 17.1 Å². The van der Waals surface area contributed by atoms with E-state index in [1.165, 1.54) is 13.1 Å². The van der Waals surface area contributed by atoms with Gasteiger partial charge in [-0.3, -0.25) is 24.3 Å². The molecular weight excluding hydrogens is 348 g/mol. The van der Waals surface area contributed by atoms with E-state index in [2.05, 4.69) is 15.3 Å². The van der Waals surface area contributed by atoms with Gasteiger partial charge in [-0.25, -0.2) is 4.79 Å². The van der Waals surface area contributed by atoms with Gasteiger partial charge in [-0.15, -0.1) is 0 Å². The summed E-state index contributed by atoms with van der Waals surface area (Å²) in [6, 6.07) is 4.41. The van der Waals surface area contributed by atoms with Gasteiger partial charge in [-0.05, 0) is 45.4 Å². The van der Waals surface area contributed by atoms with Crippen LogP contribution in [0.15, 0.2) is 24.4 Å². The number of Topliss-reactive ketones (excluding diaryl/α,β-unsaturated/α-hetero) is 2. The molecule has 0 unspecified atom stereocenters. The summed E-state index contributed by atoms with van der Waals surface area (Å²) in [5, 5.41) is 2.61. The maximum absolute atomic E-state index is 12.9. The number of nitrogens with zero attached hydrogens (tertiary/aromatic N) is 2. The predicted molar refractivity (Wildman–Crippen MR) is 96.4 cm³/mol. The minimum absolute atomic E-state index is 0.155. The summed E-state index contributed by atoms with van der Waals surface area (Å²) in [5.74, 6) is -1.15. The van der Waals surface area contributed by atoms with Crippen molar-refractivity contribution in [1.29, 1.82) is 0 Å². The van der Waals surface area contributed by atoms with Crippen LogP contribution in [-0.2, 0) is 10.3 Å². The van der Waals surface area contributed by atoms with Crippen LogP contribution in [0.25, 0.3) is 0 Å². The molecule has 2 aromatic rings. The standard InChI is InChI=1S/C19H20N4O4/c1-10-15(12(3)24)11(2)21-16(10)13(25)9-23-17(26)19(4,22-18(23)27)14-7-5-6-8-20-14/h5-8,21H,9H2,1-4H3,(H,22,27)/t19-/m0/s1. The van der Waals surface area contributed by atoms with Crippen LogP contribution in [0.5, 0.6) is 0 Å². The summed E-state index contributed by atoms with van der Waals surface area (Å²) in [7, 11) is 0. The second kappa shape index (κ2) is 6.46. The highest BCUT2D eigenvalue weighted by Crippen LogP contribution is 2.28. The summed E-state index contributed by atoms with van der Waals surface area (Å²) in [6.07, 6.45) is 1.53. The zero-order valence-electron chi connectivity index (χ0n) is 15.5. The Bertz CT molecular complexity index is 964. The van der Waals surface area contributed by atoms with Gasteiger partial charge < -0.3 is 10.3 Å². The lowest BCUT2D eigenvalue weighted by Gasteiger charge is -2.20. The van der Waals surface area contributed by atoms with E-state index in [4.69, 9.17) is 0 Å². The topological polar surface area (TPSA) is 112 Å². The molecule has 2 N–H and O–H groups in total. The number of rotatable bonds is 5. The van der Waals surface area contributed by atoms with Crippen molar-refractivity contribution in [2.75, 3.05) is 6.54 Å². The van der Waals surface area contributed by atoms with E-state index in [1.807, 2.05) is 0 Å². The summed E-state index contributed by atoms with van der Waals surface area (Å²) in [5.41, 5.74) is 0.843. The minimum atomic E-state index is -1.33. The van der Waals surface area contributed by atoms with Crippen LogP contribution in [0.3, 0.4) is 0 Å². The second-order valence-corrected chi connectivity index (χ2v) is 6.77. The highest BCUT2D eigenvalue weighted by molar-refractivity contribution is 6.11. The molecule has 1 saturated heterocycles. The van der Waals surface area contributed by atoms with E-state index in [9.17, 15) is 19.2 Å². The predicted octanol–water partition coefficient (Wildman–Crippen LogP) is 1.88. The minimum Gasteiger partial charge on any atom is -0.355 e. The highest BCUT2D eigenvalue weighted by atomic mass is 16.2. The smallest absolute Gasteiger partial charge is 0.325 e. The number of aromatic nitrogens is 2. The van der Waals surface area contributed by atoms with Gasteiger partial charge in [-0.2, -0.15) is 0 Å². The molecule has 1 fully saturated rings. The molecule has 140 valence electrons. The fourth-order valence-corrected chi connectivity index (χ4v) is 3.45. The number of amides is 3. The molecule has 8 nitrogen and oxygen atoms in total. The number of H-pyrrole nitrogens is 1. The van der Waals surface area contributed by atoms with E-state index in [-0.39, 0.29) is 11.5 Å². The second-order valence-electron chi connectivity index (χ2n) is 6.77. The van der Waals surface area contributed by atoms with Gasteiger partial charge in [0.25, 0.3) is 5.91 Å². The van der Waals surface area contributed by atoms with Crippen LogP contribution >= 0.6 is 0 Å². The zero-order chi connectivity index (χ0) is 19.9. The van der Waals surface area contributed by atoms with Gasteiger partial charge in [0.05, 0.1) is 17.9 Å². The number of aryl methyl sites for hydroxylation is 1. The quantitative estimate of drug-likeness (QED) is 0.618. The lowest BCUT2D eigenvalue weighted by Crippen LogP contribution is -2.42. The molecule has 27 heavy (non-hydrogen) atoms. The molecule has 1 aliphatic rings.